The zero-order valence-electron chi connectivity index (χ0n) is 17.0. The molecule has 0 radical (unpaired) electrons. The Kier molecular flexibility index (Phi) is 5.34. The monoisotopic (exact) mass is 428 g/mol. The van der Waals surface area contributed by atoms with Crippen LogP contribution in [0.4, 0.5) is 13.2 Å². The fourth-order valence-corrected chi connectivity index (χ4v) is 3.52. The average Bonchev–Trinajstić information content (AvgIpc) is 2.77. The van der Waals surface area contributed by atoms with E-state index in [4.69, 9.17) is 0 Å². The topological polar surface area (TPSA) is 66.4 Å². The van der Waals surface area contributed by atoms with Crippen molar-refractivity contribution in [2.24, 2.45) is 0 Å². The number of halogens is 3. The quantitative estimate of drug-likeness (QED) is 0.588. The number of carbonyl (C=O) groups excluding carboxylic acids is 2. The molecule has 0 atom stereocenters. The van der Waals surface area contributed by atoms with Gasteiger partial charge in [0.25, 0.3) is 11.8 Å². The molecule has 1 aromatic heterocycles. The van der Waals surface area contributed by atoms with Gasteiger partial charge in [-0.25, -0.2) is 23.1 Å². The van der Waals surface area contributed by atoms with Gasteiger partial charge in [-0.15, -0.1) is 0 Å². The molecule has 1 fully saturated rings. The summed E-state index contributed by atoms with van der Waals surface area (Å²) in [5, 5.41) is 0. The van der Waals surface area contributed by atoms with Gasteiger partial charge in [-0.3, -0.25) is 9.59 Å². The van der Waals surface area contributed by atoms with Crippen LogP contribution in [-0.2, 0) is 0 Å². The first-order chi connectivity index (χ1) is 14.8. The summed E-state index contributed by atoms with van der Waals surface area (Å²) in [6.07, 6.45) is 0. The molecule has 0 saturated carbocycles. The van der Waals surface area contributed by atoms with Gasteiger partial charge in [-0.05, 0) is 44.2 Å². The largest absolute Gasteiger partial charge is 0.335 e. The van der Waals surface area contributed by atoms with E-state index in [1.165, 1.54) is 4.90 Å². The molecular formula is C22H19F3N4O2. The van der Waals surface area contributed by atoms with Crippen molar-refractivity contribution in [3.05, 3.63) is 70.3 Å². The minimum atomic E-state index is -1.68. The Morgan fingerprint density at radius 2 is 1.35 bits per heavy atom. The van der Waals surface area contributed by atoms with Gasteiger partial charge >= 0.3 is 0 Å². The van der Waals surface area contributed by atoms with E-state index < -0.39 is 28.9 Å². The van der Waals surface area contributed by atoms with Crippen LogP contribution >= 0.6 is 0 Å². The van der Waals surface area contributed by atoms with Crippen LogP contribution in [0.25, 0.3) is 11.0 Å². The van der Waals surface area contributed by atoms with Crippen molar-refractivity contribution < 1.29 is 22.8 Å². The van der Waals surface area contributed by atoms with Gasteiger partial charge in [-0.2, -0.15) is 0 Å². The highest BCUT2D eigenvalue weighted by Crippen LogP contribution is 2.20. The number of rotatable bonds is 2. The molecule has 31 heavy (non-hydrogen) atoms. The van der Waals surface area contributed by atoms with Gasteiger partial charge < -0.3 is 9.80 Å². The SMILES string of the molecule is Cc1nc2ccc(C(=O)N3CCN(C(=O)c4ccc(F)c(F)c4F)CC3)cc2nc1C. The number of piperazine rings is 1. The smallest absolute Gasteiger partial charge is 0.257 e. The maximum atomic E-state index is 13.9. The molecule has 1 saturated heterocycles. The van der Waals surface area contributed by atoms with Crippen LogP contribution in [0.2, 0.25) is 0 Å². The fourth-order valence-electron chi connectivity index (χ4n) is 3.52. The van der Waals surface area contributed by atoms with Crippen LogP contribution in [0, 0.1) is 31.3 Å². The van der Waals surface area contributed by atoms with Crippen LogP contribution in [-0.4, -0.2) is 57.8 Å². The Morgan fingerprint density at radius 1 is 0.774 bits per heavy atom. The van der Waals surface area contributed by atoms with E-state index in [0.29, 0.717) is 16.6 Å². The molecule has 0 N–H and O–H groups in total. The number of nitrogens with zero attached hydrogens (tertiary/aromatic N) is 4. The molecule has 6 nitrogen and oxygen atoms in total. The number of aryl methyl sites for hydroxylation is 2. The molecule has 2 amide bonds. The Balaban J connectivity index is 1.47. The van der Waals surface area contributed by atoms with E-state index in [1.54, 1.807) is 23.1 Å². The predicted molar refractivity (Wildman–Crippen MR) is 107 cm³/mol. The molecule has 1 aliphatic heterocycles. The molecule has 3 aromatic rings. The molecule has 2 heterocycles. The Bertz CT molecular complexity index is 1210. The fraction of sp³-hybridized carbons (Fsp3) is 0.273. The maximum absolute atomic E-state index is 13.9. The van der Waals surface area contributed by atoms with Gasteiger partial charge in [-0.1, -0.05) is 0 Å². The third-order valence-electron chi connectivity index (χ3n) is 5.44. The third-order valence-corrected chi connectivity index (χ3v) is 5.44. The Hall–Kier alpha value is -3.49. The van der Waals surface area contributed by atoms with Crippen LogP contribution in [0.15, 0.2) is 30.3 Å². The Labute approximate surface area is 176 Å². The van der Waals surface area contributed by atoms with Crippen LogP contribution in [0.3, 0.4) is 0 Å². The van der Waals surface area contributed by atoms with E-state index in [9.17, 15) is 22.8 Å². The molecular weight excluding hydrogens is 409 g/mol. The second-order valence-electron chi connectivity index (χ2n) is 7.41. The zero-order chi connectivity index (χ0) is 22.3. The number of aromatic nitrogens is 2. The lowest BCUT2D eigenvalue weighted by Crippen LogP contribution is -2.50. The molecule has 9 heteroatoms. The number of fused-ring (bicyclic) bond motifs is 1. The van der Waals surface area contributed by atoms with E-state index in [2.05, 4.69) is 9.97 Å². The van der Waals surface area contributed by atoms with E-state index in [-0.39, 0.29) is 32.1 Å². The van der Waals surface area contributed by atoms with Gasteiger partial charge in [0.05, 0.1) is 28.0 Å². The van der Waals surface area contributed by atoms with Crippen LogP contribution in [0.1, 0.15) is 32.1 Å². The molecule has 2 aromatic carbocycles. The normalized spacial score (nSPS) is 14.2. The highest BCUT2D eigenvalue weighted by atomic mass is 19.2. The molecule has 0 unspecified atom stereocenters. The summed E-state index contributed by atoms with van der Waals surface area (Å²) in [5.41, 5.74) is 2.85. The lowest BCUT2D eigenvalue weighted by Gasteiger charge is -2.35. The molecule has 4 rings (SSSR count). The number of carbonyl (C=O) groups is 2. The second kappa shape index (κ2) is 7.98. The summed E-state index contributed by atoms with van der Waals surface area (Å²) in [6.45, 7) is 4.47. The minimum Gasteiger partial charge on any atom is -0.335 e. The molecule has 0 spiro atoms. The van der Waals surface area contributed by atoms with Gasteiger partial charge in [0, 0.05) is 31.7 Å². The summed E-state index contributed by atoms with van der Waals surface area (Å²) in [5.74, 6) is -5.49. The van der Waals surface area contributed by atoms with Crippen molar-refractivity contribution in [3.63, 3.8) is 0 Å². The molecule has 0 bridgehead atoms. The van der Waals surface area contributed by atoms with Crippen LogP contribution < -0.4 is 0 Å². The van der Waals surface area contributed by atoms with Crippen molar-refractivity contribution in [1.29, 1.82) is 0 Å². The number of hydrogen-bond donors (Lipinski definition) is 0. The average molecular weight is 428 g/mol. The first kappa shape index (κ1) is 20.8. The summed E-state index contributed by atoms with van der Waals surface area (Å²) < 4.78 is 40.5. The van der Waals surface area contributed by atoms with Gasteiger partial charge in [0.1, 0.15) is 0 Å². The lowest BCUT2D eigenvalue weighted by atomic mass is 10.1. The van der Waals surface area contributed by atoms with E-state index >= 15 is 0 Å². The first-order valence-corrected chi connectivity index (χ1v) is 9.73. The summed E-state index contributed by atoms with van der Waals surface area (Å²) in [6, 6.07) is 6.76. The van der Waals surface area contributed by atoms with E-state index in [1.807, 2.05) is 13.8 Å². The third kappa shape index (κ3) is 3.83. The van der Waals surface area contributed by atoms with Gasteiger partial charge in [0.2, 0.25) is 0 Å². The molecule has 160 valence electrons. The van der Waals surface area contributed by atoms with E-state index in [0.717, 1.165) is 23.5 Å². The lowest BCUT2D eigenvalue weighted by molar-refractivity contribution is 0.0532. The van der Waals surface area contributed by atoms with Crippen LogP contribution in [0.5, 0.6) is 0 Å². The van der Waals surface area contributed by atoms with Crippen molar-refractivity contribution >= 4 is 22.8 Å². The zero-order valence-corrected chi connectivity index (χ0v) is 17.0. The van der Waals surface area contributed by atoms with Crippen molar-refractivity contribution in [2.45, 2.75) is 13.8 Å². The van der Waals surface area contributed by atoms with Gasteiger partial charge in [0.15, 0.2) is 17.5 Å². The number of hydrogen-bond acceptors (Lipinski definition) is 4. The highest BCUT2D eigenvalue weighted by Gasteiger charge is 2.28. The predicted octanol–water partition coefficient (Wildman–Crippen LogP) is 3.26. The molecule has 1 aliphatic rings. The Morgan fingerprint density at radius 3 is 2.00 bits per heavy atom. The van der Waals surface area contributed by atoms with Crippen molar-refractivity contribution in [1.82, 2.24) is 19.8 Å². The molecule has 0 aliphatic carbocycles. The maximum Gasteiger partial charge on any atom is 0.257 e. The first-order valence-electron chi connectivity index (χ1n) is 9.73. The van der Waals surface area contributed by atoms with Crippen molar-refractivity contribution in [3.8, 4) is 0 Å². The number of amides is 2. The van der Waals surface area contributed by atoms with Crippen molar-refractivity contribution in [2.75, 3.05) is 26.2 Å². The number of benzene rings is 2. The highest BCUT2D eigenvalue weighted by molar-refractivity contribution is 5.98. The summed E-state index contributed by atoms with van der Waals surface area (Å²) in [7, 11) is 0. The summed E-state index contributed by atoms with van der Waals surface area (Å²) >= 11 is 0. The standard InChI is InChI=1S/C22H19F3N4O2/c1-12-13(2)27-18-11-14(3-6-17(18)26-12)21(30)28-7-9-29(10-8-28)22(31)15-4-5-16(23)20(25)19(15)24/h3-6,11H,7-10H2,1-2H3. The second-order valence-corrected chi connectivity index (χ2v) is 7.41. The minimum absolute atomic E-state index is 0.148. The summed E-state index contributed by atoms with van der Waals surface area (Å²) in [4.78, 5) is 37.2.